The van der Waals surface area contributed by atoms with Crippen molar-refractivity contribution in [2.75, 3.05) is 0 Å². The van der Waals surface area contributed by atoms with Gasteiger partial charge in [0.15, 0.2) is 0 Å². The topological polar surface area (TPSA) is 35.5 Å². The van der Waals surface area contributed by atoms with Crippen LogP contribution in [0.2, 0.25) is 0 Å². The van der Waals surface area contributed by atoms with Crippen LogP contribution in [0.25, 0.3) is 0 Å². The van der Waals surface area contributed by atoms with Crippen LogP contribution in [0.5, 0.6) is 0 Å². The van der Waals surface area contributed by atoms with E-state index in [1.807, 2.05) is 0 Å². The molecular weight excluding hydrogens is 108 g/mol. The summed E-state index contributed by atoms with van der Waals surface area (Å²) in [5.74, 6) is 0. The molecule has 3 nitrogen and oxygen atoms in total. The fourth-order valence-corrected chi connectivity index (χ4v) is 0.523. The number of cyclic esters (lactones) is 2. The third-order valence-corrected chi connectivity index (χ3v) is 1.23. The Labute approximate surface area is 47.6 Å². The van der Waals surface area contributed by atoms with Gasteiger partial charge in [-0.2, -0.15) is 0 Å². The summed E-state index contributed by atoms with van der Waals surface area (Å²) in [6.45, 7) is 3.60. The monoisotopic (exact) mass is 116 g/mol. The van der Waals surface area contributed by atoms with Crippen molar-refractivity contribution in [1.29, 1.82) is 0 Å². The lowest BCUT2D eigenvalue weighted by Gasteiger charge is -2.00. The lowest BCUT2D eigenvalue weighted by Crippen LogP contribution is -2.13. The van der Waals surface area contributed by atoms with Gasteiger partial charge in [-0.15, -0.1) is 0 Å². The summed E-state index contributed by atoms with van der Waals surface area (Å²) in [5.41, 5.74) is 0. The third-order valence-electron chi connectivity index (χ3n) is 1.23. The fraction of sp³-hybridized carbons (Fsp3) is 0.800. The molecule has 0 N–H and O–H groups in total. The summed E-state index contributed by atoms with van der Waals surface area (Å²) >= 11 is 0. The summed E-state index contributed by atoms with van der Waals surface area (Å²) in [5, 5.41) is 0. The molecule has 0 aromatic heterocycles. The number of hydrogen-bond donors (Lipinski definition) is 0. The van der Waals surface area contributed by atoms with Crippen molar-refractivity contribution in [2.45, 2.75) is 26.1 Å². The van der Waals surface area contributed by atoms with E-state index in [0.717, 1.165) is 0 Å². The minimum Gasteiger partial charge on any atom is -0.427 e. The van der Waals surface area contributed by atoms with Gasteiger partial charge in [-0.1, -0.05) is 0 Å². The van der Waals surface area contributed by atoms with Crippen LogP contribution in [0.4, 0.5) is 4.79 Å². The molecule has 46 valence electrons. The summed E-state index contributed by atoms with van der Waals surface area (Å²) < 4.78 is 9.22. The average Bonchev–Trinajstić information content (AvgIpc) is 1.85. The molecule has 1 aliphatic rings. The molecule has 0 aromatic rings. The number of carbonyl (C=O) groups is 1. The molecule has 0 aliphatic carbocycles. The highest BCUT2D eigenvalue weighted by Gasteiger charge is 2.28. The van der Waals surface area contributed by atoms with E-state index >= 15 is 0 Å². The van der Waals surface area contributed by atoms with Gasteiger partial charge in [0.1, 0.15) is 12.2 Å². The van der Waals surface area contributed by atoms with Crippen LogP contribution in [0, 0.1) is 0 Å². The number of ether oxygens (including phenoxy) is 2. The zero-order valence-electron chi connectivity index (χ0n) is 4.88. The molecule has 0 unspecified atom stereocenters. The lowest BCUT2D eigenvalue weighted by molar-refractivity contribution is 0.118. The first-order valence-electron chi connectivity index (χ1n) is 2.57. The van der Waals surface area contributed by atoms with Crippen molar-refractivity contribution >= 4 is 6.16 Å². The Morgan fingerprint density at radius 2 is 1.62 bits per heavy atom. The molecule has 0 spiro atoms. The highest BCUT2D eigenvalue weighted by molar-refractivity contribution is 5.62. The summed E-state index contributed by atoms with van der Waals surface area (Å²) in [7, 11) is 0. The molecule has 0 amide bonds. The van der Waals surface area contributed by atoms with Gasteiger partial charge in [0, 0.05) is 0 Å². The Morgan fingerprint density at radius 3 is 1.75 bits per heavy atom. The van der Waals surface area contributed by atoms with Gasteiger partial charge in [-0.3, -0.25) is 0 Å². The maximum absolute atomic E-state index is 10.2. The Bertz CT molecular complexity index is 98.2. The van der Waals surface area contributed by atoms with E-state index in [0.29, 0.717) is 0 Å². The van der Waals surface area contributed by atoms with Gasteiger partial charge < -0.3 is 9.47 Å². The maximum Gasteiger partial charge on any atom is 0.509 e. The average molecular weight is 116 g/mol. The van der Waals surface area contributed by atoms with E-state index in [1.54, 1.807) is 13.8 Å². The lowest BCUT2D eigenvalue weighted by atomic mass is 10.3. The van der Waals surface area contributed by atoms with E-state index in [1.165, 1.54) is 0 Å². The number of rotatable bonds is 0. The molecule has 2 atom stereocenters. The van der Waals surface area contributed by atoms with Crippen LogP contribution in [-0.4, -0.2) is 18.4 Å². The second kappa shape index (κ2) is 1.65. The minimum atomic E-state index is -0.551. The SMILES string of the molecule is C[C@@H]1OC(=O)O[C@H]1C. The standard InChI is InChI=1S/C5H8O3/c1-3-4(2)8-5(6)7-3/h3-4H,1-2H3/t3-,4-/m0/s1. The molecular formula is C5H8O3. The van der Waals surface area contributed by atoms with Crippen LogP contribution in [-0.2, 0) is 9.47 Å². The van der Waals surface area contributed by atoms with E-state index < -0.39 is 6.16 Å². The maximum atomic E-state index is 10.2. The van der Waals surface area contributed by atoms with Crippen molar-refractivity contribution in [3.63, 3.8) is 0 Å². The largest absolute Gasteiger partial charge is 0.509 e. The van der Waals surface area contributed by atoms with Crippen LogP contribution in [0.15, 0.2) is 0 Å². The van der Waals surface area contributed by atoms with E-state index in [9.17, 15) is 4.79 Å². The molecule has 1 saturated heterocycles. The van der Waals surface area contributed by atoms with Gasteiger partial charge in [0.05, 0.1) is 0 Å². The molecule has 1 aliphatic heterocycles. The van der Waals surface area contributed by atoms with Crippen molar-refractivity contribution in [3.8, 4) is 0 Å². The second-order valence-corrected chi connectivity index (χ2v) is 1.90. The van der Waals surface area contributed by atoms with Crippen LogP contribution < -0.4 is 0 Å². The van der Waals surface area contributed by atoms with Gasteiger partial charge in [-0.05, 0) is 13.8 Å². The molecule has 1 rings (SSSR count). The molecule has 3 heteroatoms. The van der Waals surface area contributed by atoms with Crippen LogP contribution >= 0.6 is 0 Å². The highest BCUT2D eigenvalue weighted by Crippen LogP contribution is 2.12. The first-order chi connectivity index (χ1) is 3.70. The van der Waals surface area contributed by atoms with E-state index in [-0.39, 0.29) is 12.2 Å². The van der Waals surface area contributed by atoms with E-state index in [4.69, 9.17) is 0 Å². The Kier molecular flexibility index (Phi) is 1.12. The van der Waals surface area contributed by atoms with Crippen LogP contribution in [0.3, 0.4) is 0 Å². The van der Waals surface area contributed by atoms with Gasteiger partial charge in [0.25, 0.3) is 0 Å². The smallest absolute Gasteiger partial charge is 0.427 e. The quantitative estimate of drug-likeness (QED) is 0.441. The number of hydrogen-bond acceptors (Lipinski definition) is 3. The summed E-state index contributed by atoms with van der Waals surface area (Å²) in [4.78, 5) is 10.2. The Hall–Kier alpha value is -0.730. The van der Waals surface area contributed by atoms with Crippen molar-refractivity contribution in [1.82, 2.24) is 0 Å². The molecule has 1 fully saturated rings. The summed E-state index contributed by atoms with van der Waals surface area (Å²) in [6.07, 6.45) is -0.713. The minimum absolute atomic E-state index is 0.0810. The third kappa shape index (κ3) is 0.757. The summed E-state index contributed by atoms with van der Waals surface area (Å²) in [6, 6.07) is 0. The van der Waals surface area contributed by atoms with Gasteiger partial charge in [-0.25, -0.2) is 4.79 Å². The first kappa shape index (κ1) is 5.41. The van der Waals surface area contributed by atoms with Gasteiger partial charge in [0.2, 0.25) is 0 Å². The predicted octanol–water partition coefficient (Wildman–Crippen LogP) is 0.930. The molecule has 0 bridgehead atoms. The van der Waals surface area contributed by atoms with Crippen molar-refractivity contribution in [3.05, 3.63) is 0 Å². The normalized spacial score (nSPS) is 36.5. The predicted molar refractivity (Wildman–Crippen MR) is 26.5 cm³/mol. The molecule has 8 heavy (non-hydrogen) atoms. The van der Waals surface area contributed by atoms with Crippen molar-refractivity contribution in [2.24, 2.45) is 0 Å². The molecule has 0 aromatic carbocycles. The van der Waals surface area contributed by atoms with Crippen molar-refractivity contribution < 1.29 is 14.3 Å². The molecule has 0 radical (unpaired) electrons. The highest BCUT2D eigenvalue weighted by atomic mass is 16.8. The fourth-order valence-electron chi connectivity index (χ4n) is 0.523. The van der Waals surface area contributed by atoms with Crippen LogP contribution in [0.1, 0.15) is 13.8 Å². The van der Waals surface area contributed by atoms with Gasteiger partial charge >= 0.3 is 6.16 Å². The zero-order chi connectivity index (χ0) is 6.15. The number of carbonyl (C=O) groups excluding carboxylic acids is 1. The molecule has 1 heterocycles. The Balaban J connectivity index is 2.51. The Morgan fingerprint density at radius 1 is 1.25 bits per heavy atom. The first-order valence-corrected chi connectivity index (χ1v) is 2.57. The molecule has 0 saturated carbocycles. The second-order valence-electron chi connectivity index (χ2n) is 1.90. The van der Waals surface area contributed by atoms with E-state index in [2.05, 4.69) is 9.47 Å². The zero-order valence-corrected chi connectivity index (χ0v) is 4.88.